The second kappa shape index (κ2) is 4.93. The van der Waals surface area contributed by atoms with Crippen molar-refractivity contribution in [1.29, 1.82) is 0 Å². The molecule has 0 saturated carbocycles. The van der Waals surface area contributed by atoms with Crippen molar-refractivity contribution in [2.75, 3.05) is 0 Å². The Kier molecular flexibility index (Phi) is 3.10. The van der Waals surface area contributed by atoms with Crippen molar-refractivity contribution in [3.63, 3.8) is 0 Å². The lowest BCUT2D eigenvalue weighted by molar-refractivity contribution is 1.17. The molecular formula is C20H20N2S. The van der Waals surface area contributed by atoms with Crippen LogP contribution in [-0.2, 0) is 0 Å². The highest BCUT2D eigenvalue weighted by molar-refractivity contribution is 7.23. The van der Waals surface area contributed by atoms with Crippen LogP contribution in [0.2, 0.25) is 0 Å². The van der Waals surface area contributed by atoms with E-state index < -0.39 is 0 Å². The van der Waals surface area contributed by atoms with Crippen molar-refractivity contribution < 1.29 is 0 Å². The summed E-state index contributed by atoms with van der Waals surface area (Å²) in [5.41, 5.74) is 10.2. The van der Waals surface area contributed by atoms with Gasteiger partial charge in [0.1, 0.15) is 0 Å². The van der Waals surface area contributed by atoms with Gasteiger partial charge in [0.2, 0.25) is 0 Å². The van der Waals surface area contributed by atoms with E-state index in [-0.39, 0.29) is 0 Å². The fraction of sp³-hybridized carbons (Fsp3) is 0.250. The lowest BCUT2D eigenvalue weighted by Gasteiger charge is -2.06. The van der Waals surface area contributed by atoms with Crippen LogP contribution in [0.25, 0.3) is 26.4 Å². The first-order valence-electron chi connectivity index (χ1n) is 7.92. The molecule has 4 rings (SSSR count). The van der Waals surface area contributed by atoms with Crippen molar-refractivity contribution in [2.45, 2.75) is 34.6 Å². The molecule has 0 radical (unpaired) electrons. The molecule has 0 unspecified atom stereocenters. The highest BCUT2D eigenvalue weighted by Gasteiger charge is 2.17. The molecule has 0 atom stereocenters. The summed E-state index contributed by atoms with van der Waals surface area (Å²) in [7, 11) is 0. The Morgan fingerprint density at radius 3 is 2.35 bits per heavy atom. The highest BCUT2D eigenvalue weighted by atomic mass is 32.1. The molecule has 116 valence electrons. The average Bonchev–Trinajstić information content (AvgIpc) is 3.03. The van der Waals surface area contributed by atoms with Gasteiger partial charge in [0, 0.05) is 11.3 Å². The van der Waals surface area contributed by atoms with Gasteiger partial charge in [0.25, 0.3) is 0 Å². The van der Waals surface area contributed by atoms with Crippen LogP contribution < -0.4 is 0 Å². The number of thiazole rings is 1. The molecule has 0 fully saturated rings. The normalized spacial score (nSPS) is 11.7. The standard InChI is InChI=1S/C20H20N2S/c1-11-6-8-16(10-13(11)3)18-15(5)22-19-14(4)12(2)7-9-17(19)23-20(22)21-18/h6-10H,1-5H3. The van der Waals surface area contributed by atoms with Crippen LogP contribution >= 0.6 is 11.3 Å². The Morgan fingerprint density at radius 2 is 1.61 bits per heavy atom. The minimum absolute atomic E-state index is 1.08. The molecule has 0 spiro atoms. The Labute approximate surface area is 140 Å². The number of imidazole rings is 1. The van der Waals surface area contributed by atoms with E-state index >= 15 is 0 Å². The number of hydrogen-bond acceptors (Lipinski definition) is 2. The summed E-state index contributed by atoms with van der Waals surface area (Å²) in [5.74, 6) is 0. The zero-order valence-corrected chi connectivity index (χ0v) is 15.0. The number of nitrogens with zero attached hydrogens (tertiary/aromatic N) is 2. The Morgan fingerprint density at radius 1 is 0.870 bits per heavy atom. The number of fused-ring (bicyclic) bond motifs is 3. The van der Waals surface area contributed by atoms with E-state index in [0.29, 0.717) is 0 Å². The van der Waals surface area contributed by atoms with Crippen LogP contribution in [0.4, 0.5) is 0 Å². The van der Waals surface area contributed by atoms with Crippen LogP contribution in [-0.4, -0.2) is 9.38 Å². The molecule has 0 aliphatic rings. The van der Waals surface area contributed by atoms with Gasteiger partial charge >= 0.3 is 0 Å². The van der Waals surface area contributed by atoms with Crippen molar-refractivity contribution >= 4 is 26.5 Å². The van der Waals surface area contributed by atoms with Crippen LogP contribution in [0.1, 0.15) is 27.9 Å². The average molecular weight is 320 g/mol. The quantitative estimate of drug-likeness (QED) is 0.436. The zero-order chi connectivity index (χ0) is 16.3. The largest absolute Gasteiger partial charge is 0.287 e. The third-order valence-corrected chi connectivity index (χ3v) is 5.95. The van der Waals surface area contributed by atoms with Crippen LogP contribution in [0.3, 0.4) is 0 Å². The van der Waals surface area contributed by atoms with Gasteiger partial charge in [0.15, 0.2) is 4.96 Å². The molecule has 2 nitrogen and oxygen atoms in total. The number of aromatic nitrogens is 2. The third-order valence-electron chi connectivity index (χ3n) is 4.95. The highest BCUT2D eigenvalue weighted by Crippen LogP contribution is 2.35. The topological polar surface area (TPSA) is 17.3 Å². The summed E-state index contributed by atoms with van der Waals surface area (Å²) < 4.78 is 3.64. The third kappa shape index (κ3) is 2.03. The van der Waals surface area contributed by atoms with Crippen molar-refractivity contribution in [3.8, 4) is 11.3 Å². The Balaban J connectivity index is 2.05. The number of rotatable bonds is 1. The van der Waals surface area contributed by atoms with Crippen molar-refractivity contribution in [2.24, 2.45) is 0 Å². The van der Waals surface area contributed by atoms with E-state index in [1.54, 1.807) is 11.3 Å². The monoisotopic (exact) mass is 320 g/mol. The van der Waals surface area contributed by atoms with Gasteiger partial charge < -0.3 is 0 Å². The molecule has 4 aromatic rings. The summed E-state index contributed by atoms with van der Waals surface area (Å²) in [4.78, 5) is 6.03. The number of hydrogen-bond donors (Lipinski definition) is 0. The molecule has 0 aliphatic heterocycles. The molecule has 0 bridgehead atoms. The molecule has 2 aromatic heterocycles. The fourth-order valence-corrected chi connectivity index (χ4v) is 4.33. The van der Waals surface area contributed by atoms with E-state index in [2.05, 4.69) is 69.4 Å². The van der Waals surface area contributed by atoms with E-state index in [0.717, 1.165) is 10.7 Å². The summed E-state index contributed by atoms with van der Waals surface area (Å²) in [6.45, 7) is 10.9. The molecule has 0 saturated heterocycles. The molecule has 0 aliphatic carbocycles. The maximum absolute atomic E-state index is 4.94. The molecule has 2 aromatic carbocycles. The van der Waals surface area contributed by atoms with Crippen LogP contribution in [0.5, 0.6) is 0 Å². The van der Waals surface area contributed by atoms with E-state index in [1.165, 1.54) is 43.7 Å². The summed E-state index contributed by atoms with van der Waals surface area (Å²) >= 11 is 1.77. The minimum Gasteiger partial charge on any atom is -0.287 e. The molecule has 0 N–H and O–H groups in total. The molecule has 2 heterocycles. The van der Waals surface area contributed by atoms with E-state index in [1.807, 2.05) is 0 Å². The molecular weight excluding hydrogens is 300 g/mol. The van der Waals surface area contributed by atoms with Crippen molar-refractivity contribution in [3.05, 3.63) is 58.3 Å². The van der Waals surface area contributed by atoms with Crippen molar-refractivity contribution in [1.82, 2.24) is 9.38 Å². The lowest BCUT2D eigenvalue weighted by atomic mass is 10.0. The van der Waals surface area contributed by atoms with Gasteiger partial charge in [-0.3, -0.25) is 4.40 Å². The van der Waals surface area contributed by atoms with Gasteiger partial charge in [-0.15, -0.1) is 0 Å². The predicted molar refractivity (Wildman–Crippen MR) is 99.7 cm³/mol. The first-order chi connectivity index (χ1) is 11.0. The Bertz CT molecular complexity index is 1070. The first kappa shape index (κ1) is 14.5. The number of aryl methyl sites for hydroxylation is 5. The van der Waals surface area contributed by atoms with Crippen LogP contribution in [0, 0.1) is 34.6 Å². The van der Waals surface area contributed by atoms with Gasteiger partial charge in [0.05, 0.1) is 15.9 Å². The summed E-state index contributed by atoms with van der Waals surface area (Å²) in [6, 6.07) is 11.0. The minimum atomic E-state index is 1.08. The predicted octanol–water partition coefficient (Wildman–Crippen LogP) is 5.76. The Hall–Kier alpha value is -2.13. The molecule has 3 heteroatoms. The van der Waals surface area contributed by atoms with Gasteiger partial charge in [-0.05, 0) is 69.0 Å². The van der Waals surface area contributed by atoms with Gasteiger partial charge in [-0.25, -0.2) is 4.98 Å². The second-order valence-corrected chi connectivity index (χ2v) is 7.43. The van der Waals surface area contributed by atoms with Gasteiger partial charge in [-0.2, -0.15) is 0 Å². The summed E-state index contributed by atoms with van der Waals surface area (Å²) in [5, 5.41) is 0. The van der Waals surface area contributed by atoms with E-state index in [9.17, 15) is 0 Å². The first-order valence-corrected chi connectivity index (χ1v) is 8.74. The van der Waals surface area contributed by atoms with Crippen LogP contribution in [0.15, 0.2) is 30.3 Å². The lowest BCUT2D eigenvalue weighted by Crippen LogP contribution is -1.91. The smallest absolute Gasteiger partial charge is 0.195 e. The molecule has 23 heavy (non-hydrogen) atoms. The maximum Gasteiger partial charge on any atom is 0.195 e. The maximum atomic E-state index is 4.94. The zero-order valence-electron chi connectivity index (χ0n) is 14.2. The van der Waals surface area contributed by atoms with Gasteiger partial charge in [-0.1, -0.05) is 29.5 Å². The number of benzene rings is 2. The fourth-order valence-electron chi connectivity index (χ4n) is 3.20. The summed E-state index contributed by atoms with van der Waals surface area (Å²) in [6.07, 6.45) is 0. The second-order valence-electron chi connectivity index (χ2n) is 6.42. The SMILES string of the molecule is Cc1ccc(-c2nc3sc4ccc(C)c(C)c4n3c2C)cc1C. The van der Waals surface area contributed by atoms with E-state index in [4.69, 9.17) is 4.98 Å². The molecule has 0 amide bonds.